The molecule has 0 saturated carbocycles. The van der Waals surface area contributed by atoms with Gasteiger partial charge in [-0.1, -0.05) is 35.4 Å². The fourth-order valence-electron chi connectivity index (χ4n) is 2.75. The number of nitriles is 1. The number of aromatic nitrogens is 4. The molecule has 0 spiro atoms. The number of hydrogen-bond acceptors (Lipinski definition) is 5. The number of aryl methyl sites for hydroxylation is 2. The molecule has 0 amide bonds. The number of nitrogens with zero attached hydrogens (tertiary/aromatic N) is 5. The number of halogens is 1. The first-order chi connectivity index (χ1) is 12.6. The average Bonchev–Trinajstić information content (AvgIpc) is 3.04. The van der Waals surface area contributed by atoms with Crippen molar-refractivity contribution in [2.24, 2.45) is 7.05 Å². The highest BCUT2D eigenvalue weighted by Gasteiger charge is 2.14. The lowest BCUT2D eigenvalue weighted by atomic mass is 9.97. The summed E-state index contributed by atoms with van der Waals surface area (Å²) in [4.78, 5) is 4.33. The molecule has 0 fully saturated rings. The van der Waals surface area contributed by atoms with Crippen LogP contribution in [0, 0.1) is 18.3 Å². The van der Waals surface area contributed by atoms with Gasteiger partial charge in [0, 0.05) is 25.6 Å². The van der Waals surface area contributed by atoms with Gasteiger partial charge < -0.3 is 9.88 Å². The van der Waals surface area contributed by atoms with Crippen molar-refractivity contribution in [2.45, 2.75) is 19.8 Å². The molecule has 2 heterocycles. The Morgan fingerprint density at radius 3 is 2.81 bits per heavy atom. The van der Waals surface area contributed by atoms with Gasteiger partial charge >= 0.3 is 0 Å². The fraction of sp³-hybridized carbons (Fsp3) is 0.263. The maximum absolute atomic E-state index is 8.64. The molecule has 1 aromatic carbocycles. The Hall–Kier alpha value is -2.91. The van der Waals surface area contributed by atoms with Crippen LogP contribution < -0.4 is 5.32 Å². The number of rotatable bonds is 6. The molecule has 3 rings (SSSR count). The van der Waals surface area contributed by atoms with E-state index in [0.717, 1.165) is 34.5 Å². The number of pyridine rings is 1. The zero-order chi connectivity index (χ0) is 18.5. The summed E-state index contributed by atoms with van der Waals surface area (Å²) in [5.41, 5.74) is 4.09. The van der Waals surface area contributed by atoms with E-state index in [1.165, 1.54) is 0 Å². The van der Waals surface area contributed by atoms with Crippen LogP contribution in [0.3, 0.4) is 0 Å². The SMILES string of the molecule is Cc1ccc(-c2nncn2C)c(-c2cc(Cl)nc(NCCCC#N)c2)c1. The van der Waals surface area contributed by atoms with E-state index in [1.54, 1.807) is 6.33 Å². The highest BCUT2D eigenvalue weighted by molar-refractivity contribution is 6.29. The normalized spacial score (nSPS) is 10.5. The largest absolute Gasteiger partial charge is 0.370 e. The summed E-state index contributed by atoms with van der Waals surface area (Å²) in [6, 6.07) is 12.1. The second-order valence-corrected chi connectivity index (χ2v) is 6.45. The van der Waals surface area contributed by atoms with Crippen molar-refractivity contribution in [3.8, 4) is 28.6 Å². The van der Waals surface area contributed by atoms with Crippen LogP contribution in [0.4, 0.5) is 5.82 Å². The van der Waals surface area contributed by atoms with Gasteiger partial charge in [-0.25, -0.2) is 4.98 Å². The molecule has 0 unspecified atom stereocenters. The summed E-state index contributed by atoms with van der Waals surface area (Å²) in [5, 5.41) is 20.5. The molecule has 1 N–H and O–H groups in total. The summed E-state index contributed by atoms with van der Waals surface area (Å²) in [6.07, 6.45) is 2.95. The van der Waals surface area contributed by atoms with Crippen molar-refractivity contribution < 1.29 is 0 Å². The Bertz CT molecular complexity index is 957. The van der Waals surface area contributed by atoms with E-state index in [4.69, 9.17) is 16.9 Å². The van der Waals surface area contributed by atoms with Crippen molar-refractivity contribution in [1.29, 1.82) is 5.26 Å². The van der Waals surface area contributed by atoms with E-state index < -0.39 is 0 Å². The van der Waals surface area contributed by atoms with E-state index in [2.05, 4.69) is 38.7 Å². The standard InChI is InChI=1S/C19H19ClN6/c1-13-5-6-15(19-25-23-12-26(19)2)16(9-13)14-10-17(20)24-18(11-14)22-8-4-3-7-21/h5-6,9-12H,3-4,8H2,1-2H3,(H,22,24). The first kappa shape index (κ1) is 17.9. The van der Waals surface area contributed by atoms with Gasteiger partial charge in [0.05, 0.1) is 6.07 Å². The van der Waals surface area contributed by atoms with Gasteiger partial charge in [0.2, 0.25) is 0 Å². The lowest BCUT2D eigenvalue weighted by Gasteiger charge is -2.13. The highest BCUT2D eigenvalue weighted by Crippen LogP contribution is 2.33. The summed E-state index contributed by atoms with van der Waals surface area (Å²) < 4.78 is 1.89. The number of anilines is 1. The topological polar surface area (TPSA) is 79.4 Å². The third kappa shape index (κ3) is 4.01. The number of benzene rings is 1. The Morgan fingerprint density at radius 2 is 2.08 bits per heavy atom. The van der Waals surface area contributed by atoms with Crippen LogP contribution in [0.15, 0.2) is 36.7 Å². The molecule has 0 bridgehead atoms. The van der Waals surface area contributed by atoms with Crippen LogP contribution in [0.5, 0.6) is 0 Å². The smallest absolute Gasteiger partial charge is 0.164 e. The van der Waals surface area contributed by atoms with E-state index in [1.807, 2.05) is 36.7 Å². The predicted octanol–water partition coefficient (Wildman–Crippen LogP) is 4.22. The Kier molecular flexibility index (Phi) is 5.49. The number of nitrogens with one attached hydrogen (secondary N) is 1. The molecule has 0 saturated heterocycles. The molecule has 0 aliphatic heterocycles. The fourth-order valence-corrected chi connectivity index (χ4v) is 2.95. The van der Waals surface area contributed by atoms with E-state index in [9.17, 15) is 0 Å². The summed E-state index contributed by atoms with van der Waals surface area (Å²) in [7, 11) is 1.92. The summed E-state index contributed by atoms with van der Waals surface area (Å²) >= 11 is 6.25. The molecule has 3 aromatic rings. The lowest BCUT2D eigenvalue weighted by Crippen LogP contribution is -2.03. The third-order valence-corrected chi connectivity index (χ3v) is 4.20. The Labute approximate surface area is 157 Å². The maximum Gasteiger partial charge on any atom is 0.164 e. The van der Waals surface area contributed by atoms with Crippen LogP contribution in [-0.2, 0) is 7.05 Å². The van der Waals surface area contributed by atoms with Crippen molar-refractivity contribution in [3.05, 3.63) is 47.4 Å². The Morgan fingerprint density at radius 1 is 1.23 bits per heavy atom. The minimum absolute atomic E-state index is 0.413. The molecular formula is C19H19ClN6. The van der Waals surface area contributed by atoms with Crippen LogP contribution in [0.2, 0.25) is 5.15 Å². The highest BCUT2D eigenvalue weighted by atomic mass is 35.5. The number of hydrogen-bond donors (Lipinski definition) is 1. The second kappa shape index (κ2) is 7.98. The molecule has 0 radical (unpaired) electrons. The molecular weight excluding hydrogens is 348 g/mol. The van der Waals surface area contributed by atoms with Crippen molar-refractivity contribution in [2.75, 3.05) is 11.9 Å². The van der Waals surface area contributed by atoms with Crippen LogP contribution in [-0.4, -0.2) is 26.3 Å². The molecule has 2 aromatic heterocycles. The zero-order valence-electron chi connectivity index (χ0n) is 14.7. The molecule has 0 aliphatic carbocycles. The van der Waals surface area contributed by atoms with E-state index in [-0.39, 0.29) is 0 Å². The van der Waals surface area contributed by atoms with Gasteiger partial charge in [-0.2, -0.15) is 5.26 Å². The molecule has 6 nitrogen and oxygen atoms in total. The molecule has 0 atom stereocenters. The Balaban J connectivity index is 2.01. The third-order valence-electron chi connectivity index (χ3n) is 4.00. The molecule has 0 aliphatic rings. The van der Waals surface area contributed by atoms with Crippen molar-refractivity contribution in [3.63, 3.8) is 0 Å². The van der Waals surface area contributed by atoms with Crippen molar-refractivity contribution in [1.82, 2.24) is 19.7 Å². The maximum atomic E-state index is 8.64. The van der Waals surface area contributed by atoms with Gasteiger partial charge in [0.25, 0.3) is 0 Å². The second-order valence-electron chi connectivity index (χ2n) is 6.07. The number of unbranched alkanes of at least 4 members (excludes halogenated alkanes) is 1. The van der Waals surface area contributed by atoms with Gasteiger partial charge in [-0.15, -0.1) is 10.2 Å². The molecule has 7 heteroatoms. The first-order valence-electron chi connectivity index (χ1n) is 8.32. The van der Waals surface area contributed by atoms with Gasteiger partial charge in [-0.05, 0) is 36.6 Å². The zero-order valence-corrected chi connectivity index (χ0v) is 15.5. The first-order valence-corrected chi connectivity index (χ1v) is 8.70. The monoisotopic (exact) mass is 366 g/mol. The quantitative estimate of drug-likeness (QED) is 0.521. The average molecular weight is 367 g/mol. The van der Waals surface area contributed by atoms with Crippen LogP contribution in [0.1, 0.15) is 18.4 Å². The van der Waals surface area contributed by atoms with Crippen LogP contribution >= 0.6 is 11.6 Å². The van der Waals surface area contributed by atoms with Gasteiger partial charge in [0.1, 0.15) is 17.3 Å². The summed E-state index contributed by atoms with van der Waals surface area (Å²) in [6.45, 7) is 2.72. The minimum Gasteiger partial charge on any atom is -0.370 e. The van der Waals surface area contributed by atoms with Crippen LogP contribution in [0.25, 0.3) is 22.5 Å². The van der Waals surface area contributed by atoms with Crippen molar-refractivity contribution >= 4 is 17.4 Å². The molecule has 132 valence electrons. The predicted molar refractivity (Wildman–Crippen MR) is 103 cm³/mol. The molecule has 26 heavy (non-hydrogen) atoms. The van der Waals surface area contributed by atoms with E-state index in [0.29, 0.717) is 23.9 Å². The lowest BCUT2D eigenvalue weighted by molar-refractivity contribution is 0.892. The summed E-state index contributed by atoms with van der Waals surface area (Å²) in [5.74, 6) is 1.48. The van der Waals surface area contributed by atoms with Gasteiger partial charge in [-0.3, -0.25) is 0 Å². The van der Waals surface area contributed by atoms with E-state index >= 15 is 0 Å². The van der Waals surface area contributed by atoms with Gasteiger partial charge in [0.15, 0.2) is 5.82 Å². The minimum atomic E-state index is 0.413.